The topological polar surface area (TPSA) is 66.4 Å². The largest absolute Gasteiger partial charge is 0.375 e. The van der Waals surface area contributed by atoms with Crippen LogP contribution in [0.5, 0.6) is 0 Å². The molecule has 0 saturated carbocycles. The molecule has 129 valence electrons. The summed E-state index contributed by atoms with van der Waals surface area (Å²) in [5.74, 6) is 0. The second-order valence-corrected chi connectivity index (χ2v) is 7.41. The van der Waals surface area contributed by atoms with Crippen LogP contribution in [0.1, 0.15) is 16.7 Å². The van der Waals surface area contributed by atoms with E-state index in [1.165, 1.54) is 23.3 Å². The number of benzene rings is 3. The van der Waals surface area contributed by atoms with E-state index in [0.717, 1.165) is 22.7 Å². The van der Waals surface area contributed by atoms with E-state index in [9.17, 15) is 8.42 Å². The lowest BCUT2D eigenvalue weighted by Gasteiger charge is -2.12. The quantitative estimate of drug-likeness (QED) is 0.686. The van der Waals surface area contributed by atoms with E-state index in [1.54, 1.807) is 12.1 Å². The van der Waals surface area contributed by atoms with Crippen molar-refractivity contribution >= 4 is 16.2 Å². The number of hydrogen-bond acceptors (Lipinski definition) is 3. The second kappa shape index (κ2) is 6.44. The van der Waals surface area contributed by atoms with Gasteiger partial charge in [-0.3, -0.25) is 4.55 Å². The normalized spacial score (nSPS) is 13.6. The molecule has 0 unspecified atom stereocenters. The van der Waals surface area contributed by atoms with Gasteiger partial charge in [0.05, 0.1) is 4.90 Å². The molecule has 0 bridgehead atoms. The molecule has 0 saturated heterocycles. The number of nitrogens with one attached hydrogen (secondary N) is 1. The third-order valence-electron chi connectivity index (χ3n) is 4.36. The fraction of sp³-hybridized carbons (Fsp3) is 0. The van der Waals surface area contributed by atoms with Crippen LogP contribution in [0.3, 0.4) is 0 Å². The summed E-state index contributed by atoms with van der Waals surface area (Å²) in [7, 11) is -4.16. The highest BCUT2D eigenvalue weighted by atomic mass is 32.2. The van der Waals surface area contributed by atoms with Gasteiger partial charge in [0, 0.05) is 0 Å². The lowest BCUT2D eigenvalue weighted by atomic mass is 10.1. The first-order chi connectivity index (χ1) is 12.5. The molecule has 1 radical (unpaired) electrons. The van der Waals surface area contributed by atoms with E-state index in [1.807, 2.05) is 36.5 Å². The van der Waals surface area contributed by atoms with Crippen molar-refractivity contribution in [2.45, 2.75) is 4.90 Å². The Hall–Kier alpha value is -2.89. The van der Waals surface area contributed by atoms with Crippen molar-refractivity contribution in [3.8, 4) is 11.1 Å². The average Bonchev–Trinajstić information content (AvgIpc) is 2.96. The van der Waals surface area contributed by atoms with Gasteiger partial charge in [0.1, 0.15) is 6.04 Å². The number of rotatable bonds is 4. The van der Waals surface area contributed by atoms with Gasteiger partial charge in [-0.05, 0) is 52.2 Å². The van der Waals surface area contributed by atoms with Crippen LogP contribution in [-0.2, 0) is 10.1 Å². The summed E-state index contributed by atoms with van der Waals surface area (Å²) in [4.78, 5) is -0.115. The predicted molar refractivity (Wildman–Crippen MR) is 102 cm³/mol. The fourth-order valence-corrected chi connectivity index (χ4v) is 3.62. The Morgan fingerprint density at radius 3 is 1.73 bits per heavy atom. The average molecular weight is 362 g/mol. The first kappa shape index (κ1) is 16.6. The molecule has 4 nitrogen and oxygen atoms in total. The van der Waals surface area contributed by atoms with Crippen LogP contribution in [0.15, 0.2) is 83.9 Å². The molecule has 3 aromatic rings. The summed E-state index contributed by atoms with van der Waals surface area (Å²) in [6.07, 6.45) is 3.68. The van der Waals surface area contributed by atoms with Gasteiger partial charge in [-0.2, -0.15) is 8.42 Å². The van der Waals surface area contributed by atoms with Crippen LogP contribution in [0, 0.1) is 6.04 Å². The Bertz CT molecular complexity index is 1040. The highest BCUT2D eigenvalue weighted by Crippen LogP contribution is 2.42. The van der Waals surface area contributed by atoms with Crippen molar-refractivity contribution in [1.29, 1.82) is 0 Å². The SMILES string of the molecule is O=S(=O)(O)c1ccc(C=CN[C]2c3ccccc3-c3ccccc32)cc1. The first-order valence-corrected chi connectivity index (χ1v) is 9.55. The number of hydrogen-bond donors (Lipinski definition) is 2. The summed E-state index contributed by atoms with van der Waals surface area (Å²) >= 11 is 0. The minimum absolute atomic E-state index is 0.115. The second-order valence-electron chi connectivity index (χ2n) is 5.99. The summed E-state index contributed by atoms with van der Waals surface area (Å²) in [6.45, 7) is 0. The minimum Gasteiger partial charge on any atom is -0.375 e. The van der Waals surface area contributed by atoms with Crippen molar-refractivity contribution in [3.05, 3.63) is 102 Å². The van der Waals surface area contributed by atoms with Crippen LogP contribution in [-0.4, -0.2) is 13.0 Å². The van der Waals surface area contributed by atoms with Gasteiger partial charge in [-0.1, -0.05) is 60.7 Å². The fourth-order valence-electron chi connectivity index (χ4n) is 3.14. The van der Waals surface area contributed by atoms with Crippen molar-refractivity contribution in [3.63, 3.8) is 0 Å². The molecule has 4 rings (SSSR count). The summed E-state index contributed by atoms with van der Waals surface area (Å²) in [5.41, 5.74) is 5.54. The van der Waals surface area contributed by atoms with E-state index in [0.29, 0.717) is 0 Å². The Morgan fingerprint density at radius 1 is 0.731 bits per heavy atom. The van der Waals surface area contributed by atoms with Crippen molar-refractivity contribution in [1.82, 2.24) is 5.32 Å². The van der Waals surface area contributed by atoms with Gasteiger partial charge in [0.2, 0.25) is 0 Å². The lowest BCUT2D eigenvalue weighted by molar-refractivity contribution is 0.483. The van der Waals surface area contributed by atoms with E-state index in [-0.39, 0.29) is 4.90 Å². The van der Waals surface area contributed by atoms with Crippen molar-refractivity contribution in [2.75, 3.05) is 0 Å². The molecule has 0 aliphatic heterocycles. The molecule has 0 heterocycles. The van der Waals surface area contributed by atoms with Crippen LogP contribution in [0.4, 0.5) is 0 Å². The zero-order valence-electron chi connectivity index (χ0n) is 13.8. The molecule has 0 fully saturated rings. The Labute approximate surface area is 152 Å². The van der Waals surface area contributed by atoms with E-state index in [4.69, 9.17) is 4.55 Å². The van der Waals surface area contributed by atoms with Gasteiger partial charge < -0.3 is 5.32 Å². The maximum Gasteiger partial charge on any atom is 0.294 e. The van der Waals surface area contributed by atoms with Crippen molar-refractivity contribution in [2.24, 2.45) is 0 Å². The highest BCUT2D eigenvalue weighted by Gasteiger charge is 2.27. The third-order valence-corrected chi connectivity index (χ3v) is 5.23. The lowest BCUT2D eigenvalue weighted by Crippen LogP contribution is -2.15. The van der Waals surface area contributed by atoms with Crippen LogP contribution in [0.2, 0.25) is 0 Å². The molecule has 2 N–H and O–H groups in total. The predicted octanol–water partition coefficient (Wildman–Crippen LogP) is 4.10. The number of fused-ring (bicyclic) bond motifs is 3. The van der Waals surface area contributed by atoms with E-state index < -0.39 is 10.1 Å². The molecule has 3 aromatic carbocycles. The highest BCUT2D eigenvalue weighted by molar-refractivity contribution is 7.85. The minimum atomic E-state index is -4.16. The van der Waals surface area contributed by atoms with Gasteiger partial charge in [0.25, 0.3) is 10.1 Å². The van der Waals surface area contributed by atoms with E-state index in [2.05, 4.69) is 29.6 Å². The Kier molecular flexibility index (Phi) is 4.11. The smallest absolute Gasteiger partial charge is 0.294 e. The van der Waals surface area contributed by atoms with Crippen molar-refractivity contribution < 1.29 is 13.0 Å². The third kappa shape index (κ3) is 3.03. The first-order valence-electron chi connectivity index (χ1n) is 8.11. The van der Waals surface area contributed by atoms with Crippen LogP contribution >= 0.6 is 0 Å². The molecule has 0 spiro atoms. The molecule has 26 heavy (non-hydrogen) atoms. The van der Waals surface area contributed by atoms with Gasteiger partial charge in [-0.15, -0.1) is 0 Å². The monoisotopic (exact) mass is 362 g/mol. The molecule has 0 amide bonds. The molecular formula is C21H16NO3S. The molecular weight excluding hydrogens is 346 g/mol. The van der Waals surface area contributed by atoms with Gasteiger partial charge in [-0.25, -0.2) is 0 Å². The summed E-state index contributed by atoms with van der Waals surface area (Å²) in [6, 6.07) is 23.6. The maximum atomic E-state index is 11.1. The molecule has 0 atom stereocenters. The zero-order valence-corrected chi connectivity index (χ0v) is 14.6. The maximum absolute atomic E-state index is 11.1. The zero-order chi connectivity index (χ0) is 18.1. The molecule has 1 aliphatic rings. The standard InChI is InChI=1S/C21H16NO3S/c23-26(24,25)16-11-9-15(10-12-16)13-14-22-21-19-7-3-1-5-17(19)18-6-2-4-8-20(18)21/h1-14,22H,(H,23,24,25). The molecule has 0 aromatic heterocycles. The molecule has 1 aliphatic carbocycles. The van der Waals surface area contributed by atoms with E-state index >= 15 is 0 Å². The Morgan fingerprint density at radius 2 is 1.23 bits per heavy atom. The van der Waals surface area contributed by atoms with Crippen LogP contribution < -0.4 is 5.32 Å². The Balaban J connectivity index is 1.57. The summed E-state index contributed by atoms with van der Waals surface area (Å²) in [5, 5.41) is 3.36. The van der Waals surface area contributed by atoms with Gasteiger partial charge in [0.15, 0.2) is 0 Å². The summed E-state index contributed by atoms with van der Waals surface area (Å²) < 4.78 is 31.2. The molecule has 5 heteroatoms. The van der Waals surface area contributed by atoms with Gasteiger partial charge >= 0.3 is 0 Å². The van der Waals surface area contributed by atoms with Crippen LogP contribution in [0.25, 0.3) is 17.2 Å².